The number of carbonyl (C=O) groups excluding carboxylic acids is 2. The number of aryl methyl sites for hydroxylation is 2. The molecule has 43 heavy (non-hydrogen) atoms. The van der Waals surface area contributed by atoms with Gasteiger partial charge in [-0.2, -0.15) is 0 Å². The Morgan fingerprint density at radius 3 is 1.30 bits per heavy atom. The number of nitrogens with zero attached hydrogens (tertiary/aromatic N) is 3. The van der Waals surface area contributed by atoms with Crippen LogP contribution in [0, 0.1) is 13.8 Å². The fraction of sp³-hybridized carbons (Fsp3) is 0.500. The van der Waals surface area contributed by atoms with Gasteiger partial charge < -0.3 is 0 Å². The second-order valence-corrected chi connectivity index (χ2v) is 10.9. The van der Waals surface area contributed by atoms with Crippen LogP contribution < -0.4 is 0 Å². The monoisotopic (exact) mass is 587 g/mol. The zero-order valence-electron chi connectivity index (χ0n) is 28.2. The smallest absolute Gasteiger partial charge is 0.143 e. The highest BCUT2D eigenvalue weighted by Crippen LogP contribution is 2.31. The van der Waals surface area contributed by atoms with Crippen LogP contribution in [-0.2, 0) is 9.59 Å². The van der Waals surface area contributed by atoms with Crippen LogP contribution in [0.25, 0.3) is 0 Å². The van der Waals surface area contributed by atoms with Crippen LogP contribution in [0.5, 0.6) is 0 Å². The van der Waals surface area contributed by atoms with Crippen LogP contribution >= 0.6 is 0 Å². The first-order valence-corrected chi connectivity index (χ1v) is 16.3. The van der Waals surface area contributed by atoms with Gasteiger partial charge in [-0.15, -0.1) is 0 Å². The molecule has 3 heterocycles. The Kier molecular flexibility index (Phi) is 19.7. The van der Waals surface area contributed by atoms with Crippen molar-refractivity contribution in [1.82, 2.24) is 14.8 Å². The van der Waals surface area contributed by atoms with E-state index in [1.165, 1.54) is 53.5 Å². The molecular weight excluding hydrogens is 530 g/mol. The maximum Gasteiger partial charge on any atom is 0.143 e. The van der Waals surface area contributed by atoms with Crippen molar-refractivity contribution < 1.29 is 9.59 Å². The third-order valence-corrected chi connectivity index (χ3v) is 7.13. The molecule has 5 nitrogen and oxygen atoms in total. The Labute approximate surface area is 262 Å². The third kappa shape index (κ3) is 15.2. The summed E-state index contributed by atoms with van der Waals surface area (Å²) in [5.41, 5.74) is 6.40. The molecule has 1 aromatic heterocycles. The van der Waals surface area contributed by atoms with Crippen molar-refractivity contribution in [3.05, 3.63) is 101 Å². The summed E-state index contributed by atoms with van der Waals surface area (Å²) < 4.78 is 0. The average Bonchev–Trinajstić information content (AvgIpc) is 3.73. The highest BCUT2D eigenvalue weighted by atomic mass is 16.1. The fourth-order valence-corrected chi connectivity index (χ4v) is 5.15. The minimum atomic E-state index is 0.236. The number of pyridine rings is 1. The van der Waals surface area contributed by atoms with E-state index < -0.39 is 0 Å². The van der Waals surface area contributed by atoms with Crippen molar-refractivity contribution in [2.45, 2.75) is 87.0 Å². The van der Waals surface area contributed by atoms with Crippen molar-refractivity contribution in [3.63, 3.8) is 0 Å². The van der Waals surface area contributed by atoms with Gasteiger partial charge in [0.15, 0.2) is 0 Å². The summed E-state index contributed by atoms with van der Waals surface area (Å²) in [6.45, 7) is 21.4. The van der Waals surface area contributed by atoms with Crippen molar-refractivity contribution in [2.75, 3.05) is 39.3 Å². The third-order valence-electron chi connectivity index (χ3n) is 7.13. The highest BCUT2D eigenvalue weighted by molar-refractivity contribution is 5.77. The number of carbonyl (C=O) groups is 2. The van der Waals surface area contributed by atoms with Gasteiger partial charge in [0.1, 0.15) is 11.6 Å². The minimum Gasteiger partial charge on any atom is -0.299 e. The van der Waals surface area contributed by atoms with Crippen LogP contribution in [0.2, 0.25) is 0 Å². The molecule has 0 atom stereocenters. The van der Waals surface area contributed by atoms with Crippen LogP contribution in [0.1, 0.15) is 101 Å². The summed E-state index contributed by atoms with van der Waals surface area (Å²) in [4.78, 5) is 29.8. The number of ketones is 2. The molecule has 2 aliphatic rings. The van der Waals surface area contributed by atoms with E-state index in [1.54, 1.807) is 13.8 Å². The summed E-state index contributed by atoms with van der Waals surface area (Å²) in [6, 6.07) is 21.7. The standard InChI is InChI=1S/C20H19N.2C7H13NO.2C2H6/c1-15-5-9-17(10-6-15)20(19-4-3-13-21-14-19)18-11-7-16(2)8-12-18;2*1-7(9)6-8-4-2-3-5-8;2*1-2/h3-14,20H,1-2H3;2*2-6H2,1H3;2*1-2H3. The SMILES string of the molecule is CC.CC.CC(=O)CN1CCCC1.CC(=O)CN1CCCC1.Cc1ccc(C(c2ccc(C)cc2)c2cccnc2)cc1. The predicted molar refractivity (Wildman–Crippen MR) is 183 cm³/mol. The molecular formula is C38H57N3O2. The lowest BCUT2D eigenvalue weighted by Crippen LogP contribution is -2.24. The average molecular weight is 588 g/mol. The lowest BCUT2D eigenvalue weighted by atomic mass is 9.85. The quantitative estimate of drug-likeness (QED) is 0.278. The van der Waals surface area contributed by atoms with Gasteiger partial charge in [-0.25, -0.2) is 0 Å². The number of aromatic nitrogens is 1. The molecule has 5 heteroatoms. The van der Waals surface area contributed by atoms with Crippen molar-refractivity contribution in [3.8, 4) is 0 Å². The molecule has 0 radical (unpaired) electrons. The van der Waals surface area contributed by atoms with Crippen LogP contribution in [0.3, 0.4) is 0 Å². The van der Waals surface area contributed by atoms with E-state index >= 15 is 0 Å². The molecule has 0 spiro atoms. The summed E-state index contributed by atoms with van der Waals surface area (Å²) >= 11 is 0. The summed E-state index contributed by atoms with van der Waals surface area (Å²) in [5.74, 6) is 0.814. The lowest BCUT2D eigenvalue weighted by Gasteiger charge is -2.19. The molecule has 0 bridgehead atoms. The van der Waals surface area contributed by atoms with Gasteiger partial charge in [0, 0.05) is 18.3 Å². The van der Waals surface area contributed by atoms with Crippen molar-refractivity contribution in [2.24, 2.45) is 0 Å². The van der Waals surface area contributed by atoms with Crippen molar-refractivity contribution >= 4 is 11.6 Å². The number of benzene rings is 2. The van der Waals surface area contributed by atoms with Crippen LogP contribution in [0.4, 0.5) is 0 Å². The van der Waals surface area contributed by atoms with E-state index in [9.17, 15) is 9.59 Å². The van der Waals surface area contributed by atoms with Gasteiger partial charge in [-0.3, -0.25) is 24.4 Å². The molecule has 0 unspecified atom stereocenters. The van der Waals surface area contributed by atoms with E-state index in [0.717, 1.165) is 26.2 Å². The molecule has 3 aromatic rings. The minimum absolute atomic E-state index is 0.236. The van der Waals surface area contributed by atoms with Gasteiger partial charge in [-0.1, -0.05) is 93.4 Å². The fourth-order valence-electron chi connectivity index (χ4n) is 5.15. The molecule has 5 rings (SSSR count). The molecule has 2 saturated heterocycles. The van der Waals surface area contributed by atoms with E-state index in [4.69, 9.17) is 0 Å². The van der Waals surface area contributed by atoms with E-state index in [0.29, 0.717) is 13.1 Å². The summed E-state index contributed by atoms with van der Waals surface area (Å²) in [7, 11) is 0. The van der Waals surface area contributed by atoms with Gasteiger partial charge >= 0.3 is 0 Å². The second kappa shape index (κ2) is 22.4. The topological polar surface area (TPSA) is 53.5 Å². The maximum absolute atomic E-state index is 10.6. The van der Waals surface area contributed by atoms with Crippen molar-refractivity contribution in [1.29, 1.82) is 0 Å². The largest absolute Gasteiger partial charge is 0.299 e. The van der Waals surface area contributed by atoms with E-state index in [-0.39, 0.29) is 17.5 Å². The lowest BCUT2D eigenvalue weighted by molar-refractivity contribution is -0.118. The van der Waals surface area contributed by atoms with E-state index in [2.05, 4.69) is 83.2 Å². The zero-order valence-corrected chi connectivity index (χ0v) is 28.2. The Morgan fingerprint density at radius 2 is 1.00 bits per heavy atom. The van der Waals surface area contributed by atoms with Crippen LogP contribution in [0.15, 0.2) is 73.1 Å². The number of likely N-dealkylation sites (tertiary alicyclic amines) is 2. The Balaban J connectivity index is 0.000000349. The molecule has 0 aliphatic carbocycles. The molecule has 236 valence electrons. The number of rotatable bonds is 7. The number of hydrogen-bond acceptors (Lipinski definition) is 5. The zero-order chi connectivity index (χ0) is 32.0. The maximum atomic E-state index is 10.6. The Hall–Kier alpha value is -3.15. The Morgan fingerprint density at radius 1 is 0.628 bits per heavy atom. The molecule has 2 aromatic carbocycles. The second-order valence-electron chi connectivity index (χ2n) is 10.9. The number of Topliss-reactive ketones (excluding diaryl/α,β-unsaturated/α-hetero) is 2. The van der Waals surface area contributed by atoms with Crippen LogP contribution in [-0.4, -0.2) is 65.6 Å². The van der Waals surface area contributed by atoms with Gasteiger partial charge in [0.2, 0.25) is 0 Å². The molecule has 2 aliphatic heterocycles. The van der Waals surface area contributed by atoms with Gasteiger partial charge in [-0.05, 0) is 102 Å². The molecule has 0 N–H and O–H groups in total. The normalized spacial score (nSPS) is 14.2. The number of hydrogen-bond donors (Lipinski definition) is 0. The summed E-state index contributed by atoms with van der Waals surface area (Å²) in [5, 5.41) is 0. The van der Waals surface area contributed by atoms with Gasteiger partial charge in [0.25, 0.3) is 0 Å². The molecule has 0 saturated carbocycles. The first-order chi connectivity index (χ1) is 20.8. The van der Waals surface area contributed by atoms with E-state index in [1.807, 2.05) is 46.2 Å². The first kappa shape index (κ1) is 37.9. The highest BCUT2D eigenvalue weighted by Gasteiger charge is 2.17. The summed E-state index contributed by atoms with van der Waals surface area (Å²) in [6.07, 6.45) is 8.87. The Bertz CT molecular complexity index is 1060. The molecule has 2 fully saturated rings. The predicted octanol–water partition coefficient (Wildman–Crippen LogP) is 8.27. The van der Waals surface area contributed by atoms with Gasteiger partial charge in [0.05, 0.1) is 13.1 Å². The molecule has 0 amide bonds. The first-order valence-electron chi connectivity index (χ1n) is 16.3.